The lowest BCUT2D eigenvalue weighted by Crippen LogP contribution is -2.33. The molecule has 1 N–H and O–H groups in total. The van der Waals surface area contributed by atoms with E-state index in [0.717, 1.165) is 22.5 Å². The van der Waals surface area contributed by atoms with Crippen LogP contribution in [0.25, 0.3) is 5.69 Å². The molecule has 0 bridgehead atoms. The second kappa shape index (κ2) is 8.28. The summed E-state index contributed by atoms with van der Waals surface area (Å²) < 4.78 is 1.85. The van der Waals surface area contributed by atoms with Crippen LogP contribution in [0.4, 0.5) is 11.6 Å². The Balaban J connectivity index is 1.62. The highest BCUT2D eigenvalue weighted by Crippen LogP contribution is 2.30. The molecule has 8 heteroatoms. The maximum atomic E-state index is 13.3. The number of carbonyl (C=O) groups excluding carboxylic acids is 1. The molecule has 1 aromatic heterocycles. The van der Waals surface area contributed by atoms with Crippen molar-refractivity contribution in [3.05, 3.63) is 101 Å². The normalized spacial score (nSPS) is 12.4. The van der Waals surface area contributed by atoms with E-state index in [1.54, 1.807) is 12.1 Å². The number of benzene rings is 3. The van der Waals surface area contributed by atoms with Crippen LogP contribution in [0, 0.1) is 6.92 Å². The lowest BCUT2D eigenvalue weighted by atomic mass is 10.0. The van der Waals surface area contributed by atoms with Crippen LogP contribution in [0.3, 0.4) is 0 Å². The van der Waals surface area contributed by atoms with Crippen molar-refractivity contribution in [2.45, 2.75) is 6.92 Å². The number of rotatable bonds is 4. The van der Waals surface area contributed by atoms with Gasteiger partial charge in [-0.1, -0.05) is 60.1 Å². The van der Waals surface area contributed by atoms with Crippen LogP contribution in [0.5, 0.6) is 0 Å². The van der Waals surface area contributed by atoms with E-state index in [2.05, 4.69) is 15.5 Å². The second-order valence-corrected chi connectivity index (χ2v) is 7.72. The van der Waals surface area contributed by atoms with Crippen LogP contribution in [0.1, 0.15) is 17.0 Å². The molecule has 7 nitrogen and oxygen atoms in total. The molecule has 158 valence electrons. The Bertz CT molecular complexity index is 1310. The Labute approximate surface area is 190 Å². The highest BCUT2D eigenvalue weighted by molar-refractivity contribution is 6.30. The number of hydrogen-bond acceptors (Lipinski definition) is 5. The van der Waals surface area contributed by atoms with E-state index in [9.17, 15) is 4.79 Å². The van der Waals surface area contributed by atoms with Crippen LogP contribution in [0.15, 0.2) is 84.0 Å². The third kappa shape index (κ3) is 3.63. The molecule has 1 amide bonds. The van der Waals surface area contributed by atoms with Gasteiger partial charge in [-0.2, -0.15) is 10.1 Å². The van der Waals surface area contributed by atoms with Gasteiger partial charge in [0.05, 0.1) is 12.2 Å². The average Bonchev–Trinajstić information content (AvgIpc) is 3.13. The molecule has 0 saturated carbocycles. The Hall–Kier alpha value is -3.97. The van der Waals surface area contributed by atoms with Gasteiger partial charge in [-0.15, -0.1) is 10.2 Å². The van der Waals surface area contributed by atoms with Gasteiger partial charge in [-0.25, -0.2) is 0 Å². The summed E-state index contributed by atoms with van der Waals surface area (Å²) in [7, 11) is 0. The van der Waals surface area contributed by atoms with E-state index >= 15 is 0 Å². The average molecular weight is 443 g/mol. The fourth-order valence-electron chi connectivity index (χ4n) is 3.63. The van der Waals surface area contributed by atoms with Crippen molar-refractivity contribution in [2.75, 3.05) is 16.9 Å². The van der Waals surface area contributed by atoms with E-state index in [1.807, 2.05) is 78.2 Å². The quantitative estimate of drug-likeness (QED) is 0.507. The summed E-state index contributed by atoms with van der Waals surface area (Å²) in [5.74, 6) is 0.745. The minimum absolute atomic E-state index is 0.0453. The molecule has 0 unspecified atom stereocenters. The van der Waals surface area contributed by atoms with Gasteiger partial charge in [-0.3, -0.25) is 9.36 Å². The van der Waals surface area contributed by atoms with Gasteiger partial charge in [0.1, 0.15) is 11.5 Å². The molecule has 3 aromatic carbocycles. The highest BCUT2D eigenvalue weighted by Gasteiger charge is 2.29. The zero-order valence-corrected chi connectivity index (χ0v) is 18.0. The van der Waals surface area contributed by atoms with E-state index in [0.29, 0.717) is 22.5 Å². The number of hydrazone groups is 1. The summed E-state index contributed by atoms with van der Waals surface area (Å²) in [6.45, 7) is 1.90. The van der Waals surface area contributed by atoms with E-state index in [1.165, 1.54) is 5.01 Å². The molecule has 32 heavy (non-hydrogen) atoms. The Morgan fingerprint density at radius 2 is 1.66 bits per heavy atom. The Kier molecular flexibility index (Phi) is 5.17. The first kappa shape index (κ1) is 20.0. The summed E-state index contributed by atoms with van der Waals surface area (Å²) in [6, 6.07) is 24.8. The maximum absolute atomic E-state index is 13.3. The Morgan fingerprint density at radius 1 is 0.938 bits per heavy atom. The predicted octanol–water partition coefficient (Wildman–Crippen LogP) is 4.44. The maximum Gasteiger partial charge on any atom is 0.269 e. The number of fused-ring (bicyclic) bond motifs is 3. The monoisotopic (exact) mass is 442 g/mol. The van der Waals surface area contributed by atoms with Crippen molar-refractivity contribution in [3.63, 3.8) is 0 Å². The fourth-order valence-corrected chi connectivity index (χ4v) is 3.76. The first-order valence-corrected chi connectivity index (χ1v) is 10.5. The molecule has 0 spiro atoms. The molecular formula is C24H19ClN6O. The number of anilines is 2. The van der Waals surface area contributed by atoms with Crippen molar-refractivity contribution >= 4 is 34.9 Å². The van der Waals surface area contributed by atoms with Gasteiger partial charge in [0.15, 0.2) is 0 Å². The van der Waals surface area contributed by atoms with Crippen molar-refractivity contribution in [2.24, 2.45) is 5.10 Å². The third-order valence-electron chi connectivity index (χ3n) is 5.17. The van der Waals surface area contributed by atoms with Gasteiger partial charge in [0.2, 0.25) is 0 Å². The summed E-state index contributed by atoms with van der Waals surface area (Å²) in [4.78, 5) is 13.3. The van der Waals surface area contributed by atoms with Crippen molar-refractivity contribution in [3.8, 4) is 5.69 Å². The SMILES string of the molecule is Cc1nnc2n1-c1ccccc1C(c1ccc(Cl)cc1)=NN2C(=O)CNc1ccccc1. The number of hydrogen-bond donors (Lipinski definition) is 1. The molecule has 0 saturated heterocycles. The van der Waals surface area contributed by atoms with Crippen LogP contribution >= 0.6 is 11.6 Å². The van der Waals surface area contributed by atoms with E-state index in [-0.39, 0.29) is 12.5 Å². The standard InChI is InChI=1S/C24H19ClN6O/c1-16-27-28-24-30(16)21-10-6-5-9-20(21)23(17-11-13-18(25)14-12-17)29-31(24)22(32)15-26-19-7-3-2-4-8-19/h2-14,26H,15H2,1H3. The molecule has 0 aliphatic carbocycles. The van der Waals surface area contributed by atoms with Crippen molar-refractivity contribution in [1.29, 1.82) is 0 Å². The Morgan fingerprint density at radius 3 is 2.44 bits per heavy atom. The highest BCUT2D eigenvalue weighted by atomic mass is 35.5. The molecule has 0 atom stereocenters. The largest absolute Gasteiger partial charge is 0.376 e. The molecular weight excluding hydrogens is 424 g/mol. The number of amides is 1. The zero-order chi connectivity index (χ0) is 22.1. The number of aryl methyl sites for hydroxylation is 1. The van der Waals surface area contributed by atoms with Crippen molar-refractivity contribution < 1.29 is 4.79 Å². The first-order valence-electron chi connectivity index (χ1n) is 10.1. The van der Waals surface area contributed by atoms with Crippen LogP contribution in [-0.4, -0.2) is 32.9 Å². The molecule has 2 heterocycles. The molecule has 0 radical (unpaired) electrons. The zero-order valence-electron chi connectivity index (χ0n) is 17.2. The number of aromatic nitrogens is 3. The number of nitrogens with zero attached hydrogens (tertiary/aromatic N) is 5. The number of halogens is 1. The van der Waals surface area contributed by atoms with Gasteiger partial charge < -0.3 is 5.32 Å². The first-order chi connectivity index (χ1) is 15.6. The fraction of sp³-hybridized carbons (Fsp3) is 0.0833. The van der Waals surface area contributed by atoms with Gasteiger partial charge in [0.25, 0.3) is 11.9 Å². The topological polar surface area (TPSA) is 75.4 Å². The van der Waals surface area contributed by atoms with E-state index in [4.69, 9.17) is 16.7 Å². The molecule has 1 aliphatic heterocycles. The smallest absolute Gasteiger partial charge is 0.269 e. The van der Waals surface area contributed by atoms with Crippen LogP contribution in [0.2, 0.25) is 5.02 Å². The van der Waals surface area contributed by atoms with E-state index < -0.39 is 0 Å². The lowest BCUT2D eigenvalue weighted by molar-refractivity contribution is -0.117. The van der Waals surface area contributed by atoms with Gasteiger partial charge >= 0.3 is 0 Å². The number of nitrogens with one attached hydrogen (secondary N) is 1. The third-order valence-corrected chi connectivity index (χ3v) is 5.42. The summed E-state index contributed by atoms with van der Waals surface area (Å²) >= 11 is 6.10. The summed E-state index contributed by atoms with van der Waals surface area (Å²) in [6.07, 6.45) is 0. The molecule has 4 aromatic rings. The molecule has 0 fully saturated rings. The summed E-state index contributed by atoms with van der Waals surface area (Å²) in [5, 5.41) is 18.4. The molecule has 1 aliphatic rings. The molecule has 5 rings (SSSR count). The van der Waals surface area contributed by atoms with Crippen molar-refractivity contribution in [1.82, 2.24) is 14.8 Å². The number of para-hydroxylation sites is 2. The minimum atomic E-state index is -0.262. The van der Waals surface area contributed by atoms with Gasteiger partial charge in [-0.05, 0) is 37.3 Å². The summed E-state index contributed by atoms with van der Waals surface area (Å²) in [5.41, 5.74) is 4.05. The minimum Gasteiger partial charge on any atom is -0.376 e. The van der Waals surface area contributed by atoms with Crippen LogP contribution in [-0.2, 0) is 4.79 Å². The van der Waals surface area contributed by atoms with Gasteiger partial charge in [0, 0.05) is 21.8 Å². The predicted molar refractivity (Wildman–Crippen MR) is 126 cm³/mol. The van der Waals surface area contributed by atoms with Crippen LogP contribution < -0.4 is 10.3 Å². The second-order valence-electron chi connectivity index (χ2n) is 7.28. The lowest BCUT2D eigenvalue weighted by Gasteiger charge is -2.16. The number of carbonyl (C=O) groups is 1.